The Morgan fingerprint density at radius 3 is 3.00 bits per heavy atom. The standard InChI is InChI=1S/C13H20N2OS/c1-10-9-15(6-7-16-10)12-4-3-5-13(17-2)11(12)8-14/h3-5,10H,6-9,14H2,1-2H3. The maximum absolute atomic E-state index is 5.90. The number of nitrogens with two attached hydrogens (primary N) is 1. The minimum atomic E-state index is 0.298. The second-order valence-electron chi connectivity index (χ2n) is 4.29. The summed E-state index contributed by atoms with van der Waals surface area (Å²) >= 11 is 1.76. The fourth-order valence-corrected chi connectivity index (χ4v) is 2.93. The van der Waals surface area contributed by atoms with Crippen LogP contribution in [0.2, 0.25) is 0 Å². The smallest absolute Gasteiger partial charge is 0.0722 e. The first-order valence-corrected chi connectivity index (χ1v) is 7.21. The van der Waals surface area contributed by atoms with Gasteiger partial charge >= 0.3 is 0 Å². The lowest BCUT2D eigenvalue weighted by atomic mass is 10.1. The van der Waals surface area contributed by atoms with Crippen LogP contribution in [-0.2, 0) is 11.3 Å². The van der Waals surface area contributed by atoms with E-state index < -0.39 is 0 Å². The van der Waals surface area contributed by atoms with Crippen LogP contribution in [-0.4, -0.2) is 32.1 Å². The lowest BCUT2D eigenvalue weighted by molar-refractivity contribution is 0.0531. The normalized spacial score (nSPS) is 20.6. The molecule has 1 heterocycles. The first kappa shape index (κ1) is 12.7. The topological polar surface area (TPSA) is 38.5 Å². The van der Waals surface area contributed by atoms with E-state index in [4.69, 9.17) is 10.5 Å². The van der Waals surface area contributed by atoms with Gasteiger partial charge in [0.2, 0.25) is 0 Å². The number of anilines is 1. The number of ether oxygens (including phenoxy) is 1. The molecule has 1 atom stereocenters. The predicted octanol–water partition coefficient (Wildman–Crippen LogP) is 2.09. The van der Waals surface area contributed by atoms with Crippen LogP contribution in [0.15, 0.2) is 23.1 Å². The fraction of sp³-hybridized carbons (Fsp3) is 0.538. The average molecular weight is 252 g/mol. The van der Waals surface area contributed by atoms with Crippen LogP contribution < -0.4 is 10.6 Å². The van der Waals surface area contributed by atoms with E-state index in [0.717, 1.165) is 19.7 Å². The van der Waals surface area contributed by atoms with Gasteiger partial charge in [0, 0.05) is 35.8 Å². The number of thioether (sulfide) groups is 1. The van der Waals surface area contributed by atoms with Crippen LogP contribution in [0.1, 0.15) is 12.5 Å². The molecule has 94 valence electrons. The molecule has 1 saturated heterocycles. The molecule has 0 saturated carbocycles. The van der Waals surface area contributed by atoms with E-state index in [1.54, 1.807) is 11.8 Å². The first-order valence-electron chi connectivity index (χ1n) is 5.98. The van der Waals surface area contributed by atoms with Gasteiger partial charge in [-0.3, -0.25) is 0 Å². The number of morpholine rings is 1. The lowest BCUT2D eigenvalue weighted by Gasteiger charge is -2.34. The number of rotatable bonds is 3. The molecule has 2 rings (SSSR count). The molecule has 1 aromatic carbocycles. The summed E-state index contributed by atoms with van der Waals surface area (Å²) in [4.78, 5) is 3.67. The molecule has 17 heavy (non-hydrogen) atoms. The summed E-state index contributed by atoms with van der Waals surface area (Å²) in [6.45, 7) is 5.42. The highest BCUT2D eigenvalue weighted by atomic mass is 32.2. The maximum atomic E-state index is 5.90. The van der Waals surface area contributed by atoms with Crippen molar-refractivity contribution >= 4 is 17.4 Å². The third kappa shape index (κ3) is 2.76. The Morgan fingerprint density at radius 2 is 2.35 bits per heavy atom. The van der Waals surface area contributed by atoms with Crippen LogP contribution in [0, 0.1) is 0 Å². The lowest BCUT2D eigenvalue weighted by Crippen LogP contribution is -2.41. The van der Waals surface area contributed by atoms with Crippen molar-refractivity contribution in [2.24, 2.45) is 5.73 Å². The van der Waals surface area contributed by atoms with Crippen LogP contribution in [0.5, 0.6) is 0 Å². The molecule has 4 heteroatoms. The number of nitrogens with zero attached hydrogens (tertiary/aromatic N) is 1. The van der Waals surface area contributed by atoms with Crippen molar-refractivity contribution in [3.63, 3.8) is 0 Å². The number of hydrogen-bond donors (Lipinski definition) is 1. The first-order chi connectivity index (χ1) is 8.26. The summed E-state index contributed by atoms with van der Waals surface area (Å²) in [7, 11) is 0. The Balaban J connectivity index is 2.30. The molecule has 1 unspecified atom stereocenters. The Morgan fingerprint density at radius 1 is 1.53 bits per heavy atom. The zero-order chi connectivity index (χ0) is 12.3. The van der Waals surface area contributed by atoms with E-state index in [2.05, 4.69) is 36.3 Å². The zero-order valence-corrected chi connectivity index (χ0v) is 11.3. The molecule has 1 aliphatic heterocycles. The van der Waals surface area contributed by atoms with Gasteiger partial charge in [0.05, 0.1) is 12.7 Å². The van der Waals surface area contributed by atoms with E-state index in [9.17, 15) is 0 Å². The van der Waals surface area contributed by atoms with Gasteiger partial charge in [-0.2, -0.15) is 0 Å². The van der Waals surface area contributed by atoms with Gasteiger partial charge in [0.15, 0.2) is 0 Å². The van der Waals surface area contributed by atoms with Crippen molar-refractivity contribution in [1.29, 1.82) is 0 Å². The van der Waals surface area contributed by atoms with Gasteiger partial charge in [-0.25, -0.2) is 0 Å². The number of benzene rings is 1. The largest absolute Gasteiger partial charge is 0.375 e. The molecule has 0 aromatic heterocycles. The third-order valence-corrected chi connectivity index (χ3v) is 3.94. The summed E-state index contributed by atoms with van der Waals surface area (Å²) < 4.78 is 5.58. The second kappa shape index (κ2) is 5.76. The monoisotopic (exact) mass is 252 g/mol. The molecule has 0 bridgehead atoms. The van der Waals surface area contributed by atoms with E-state index in [-0.39, 0.29) is 0 Å². The molecule has 2 N–H and O–H groups in total. The van der Waals surface area contributed by atoms with E-state index in [1.165, 1.54) is 16.1 Å². The molecule has 0 aliphatic carbocycles. The highest BCUT2D eigenvalue weighted by Crippen LogP contribution is 2.30. The highest BCUT2D eigenvalue weighted by Gasteiger charge is 2.19. The molecule has 0 amide bonds. The summed E-state index contributed by atoms with van der Waals surface area (Å²) in [6.07, 6.45) is 2.40. The van der Waals surface area contributed by atoms with Crippen LogP contribution in [0.25, 0.3) is 0 Å². The highest BCUT2D eigenvalue weighted by molar-refractivity contribution is 7.98. The van der Waals surface area contributed by atoms with Gasteiger partial charge in [-0.1, -0.05) is 6.07 Å². The van der Waals surface area contributed by atoms with Gasteiger partial charge < -0.3 is 15.4 Å². The van der Waals surface area contributed by atoms with Crippen molar-refractivity contribution in [3.8, 4) is 0 Å². The zero-order valence-electron chi connectivity index (χ0n) is 10.5. The van der Waals surface area contributed by atoms with Gasteiger partial charge in [0.25, 0.3) is 0 Å². The Kier molecular flexibility index (Phi) is 4.31. The molecule has 0 radical (unpaired) electrons. The van der Waals surface area contributed by atoms with Crippen LogP contribution >= 0.6 is 11.8 Å². The Labute approximate surface area is 107 Å². The third-order valence-electron chi connectivity index (χ3n) is 3.11. The minimum absolute atomic E-state index is 0.298. The average Bonchev–Trinajstić information content (AvgIpc) is 2.37. The van der Waals surface area contributed by atoms with Crippen molar-refractivity contribution in [1.82, 2.24) is 0 Å². The van der Waals surface area contributed by atoms with Gasteiger partial charge in [-0.15, -0.1) is 11.8 Å². The molecular formula is C13H20N2OS. The van der Waals surface area contributed by atoms with E-state index >= 15 is 0 Å². The van der Waals surface area contributed by atoms with Crippen molar-refractivity contribution in [2.45, 2.75) is 24.5 Å². The van der Waals surface area contributed by atoms with Crippen molar-refractivity contribution < 1.29 is 4.74 Å². The molecule has 1 fully saturated rings. The van der Waals surface area contributed by atoms with Crippen LogP contribution in [0.3, 0.4) is 0 Å². The molecule has 3 nitrogen and oxygen atoms in total. The van der Waals surface area contributed by atoms with Crippen molar-refractivity contribution in [3.05, 3.63) is 23.8 Å². The van der Waals surface area contributed by atoms with E-state index in [1.807, 2.05) is 0 Å². The molecule has 0 spiro atoms. The van der Waals surface area contributed by atoms with Crippen LogP contribution in [0.4, 0.5) is 5.69 Å². The molecule has 1 aliphatic rings. The van der Waals surface area contributed by atoms with E-state index in [0.29, 0.717) is 12.6 Å². The second-order valence-corrected chi connectivity index (χ2v) is 5.14. The molecule has 1 aromatic rings. The minimum Gasteiger partial charge on any atom is -0.375 e. The predicted molar refractivity (Wildman–Crippen MR) is 73.7 cm³/mol. The Bertz CT molecular complexity index is 384. The number of hydrogen-bond acceptors (Lipinski definition) is 4. The summed E-state index contributed by atoms with van der Waals surface area (Å²) in [5, 5.41) is 0. The summed E-state index contributed by atoms with van der Waals surface area (Å²) in [5.41, 5.74) is 8.43. The fourth-order valence-electron chi connectivity index (χ4n) is 2.28. The molecular weight excluding hydrogens is 232 g/mol. The summed E-state index contributed by atoms with van der Waals surface area (Å²) in [6, 6.07) is 6.42. The maximum Gasteiger partial charge on any atom is 0.0722 e. The quantitative estimate of drug-likeness (QED) is 0.836. The summed E-state index contributed by atoms with van der Waals surface area (Å²) in [5.74, 6) is 0. The SMILES string of the molecule is CSc1cccc(N2CCOC(C)C2)c1CN. The van der Waals surface area contributed by atoms with Crippen molar-refractivity contribution in [2.75, 3.05) is 30.9 Å². The Hall–Kier alpha value is -0.710. The van der Waals surface area contributed by atoms with Gasteiger partial charge in [-0.05, 0) is 25.3 Å². The van der Waals surface area contributed by atoms with Gasteiger partial charge in [0.1, 0.15) is 0 Å².